The minimum Gasteiger partial charge on any atom is -0.457 e. The monoisotopic (exact) mass is 335 g/mol. The summed E-state index contributed by atoms with van der Waals surface area (Å²) in [5.74, 6) is 3.01. The predicted molar refractivity (Wildman–Crippen MR) is 79.5 cm³/mol. The third-order valence-electron chi connectivity index (χ3n) is 2.97. The zero-order chi connectivity index (χ0) is 13.9. The van der Waals surface area contributed by atoms with Gasteiger partial charge in [0.25, 0.3) is 0 Å². The van der Waals surface area contributed by atoms with Gasteiger partial charge in [-0.1, -0.05) is 22.0 Å². The van der Waals surface area contributed by atoms with E-state index in [0.29, 0.717) is 5.75 Å². The molecule has 104 valence electrons. The number of rotatable bonds is 4. The van der Waals surface area contributed by atoms with Crippen molar-refractivity contribution in [3.63, 3.8) is 0 Å². The maximum atomic E-state index is 5.96. The summed E-state index contributed by atoms with van der Waals surface area (Å²) in [6, 6.07) is 11.6. The highest BCUT2D eigenvalue weighted by atomic mass is 79.9. The molecule has 0 unspecified atom stereocenters. The van der Waals surface area contributed by atoms with E-state index in [1.165, 1.54) is 0 Å². The molecule has 1 aliphatic rings. The lowest BCUT2D eigenvalue weighted by Crippen LogP contribution is -2.06. The highest BCUT2D eigenvalue weighted by Crippen LogP contribution is 2.37. The van der Waals surface area contributed by atoms with Crippen molar-refractivity contribution in [3.8, 4) is 23.0 Å². The molecule has 0 amide bonds. The Hall–Kier alpha value is -1.72. The van der Waals surface area contributed by atoms with Crippen LogP contribution in [0.15, 0.2) is 40.9 Å². The van der Waals surface area contributed by atoms with Gasteiger partial charge in [0.05, 0.1) is 0 Å². The lowest BCUT2D eigenvalue weighted by atomic mass is 10.2. The average molecular weight is 336 g/mol. The van der Waals surface area contributed by atoms with Gasteiger partial charge in [0.15, 0.2) is 11.5 Å². The Morgan fingerprint density at radius 1 is 1.15 bits per heavy atom. The van der Waals surface area contributed by atoms with E-state index in [-0.39, 0.29) is 6.79 Å². The summed E-state index contributed by atoms with van der Waals surface area (Å²) in [5.41, 5.74) is 1.09. The molecule has 0 saturated carbocycles. The Bertz CT molecular complexity index is 631. The van der Waals surface area contributed by atoms with Crippen LogP contribution in [-0.2, 0) is 6.54 Å². The van der Waals surface area contributed by atoms with Gasteiger partial charge >= 0.3 is 0 Å². The molecule has 2 aromatic carbocycles. The lowest BCUT2D eigenvalue weighted by molar-refractivity contribution is 0.174. The van der Waals surface area contributed by atoms with E-state index >= 15 is 0 Å². The van der Waals surface area contributed by atoms with Crippen LogP contribution in [0.5, 0.6) is 23.0 Å². The molecule has 4 nitrogen and oxygen atoms in total. The summed E-state index contributed by atoms with van der Waals surface area (Å²) in [4.78, 5) is 0. The first kappa shape index (κ1) is 13.3. The van der Waals surface area contributed by atoms with Crippen LogP contribution in [0.4, 0.5) is 0 Å². The molecule has 1 aliphatic heterocycles. The minimum absolute atomic E-state index is 0.265. The summed E-state index contributed by atoms with van der Waals surface area (Å²) < 4.78 is 17.6. The van der Waals surface area contributed by atoms with Crippen molar-refractivity contribution in [2.45, 2.75) is 6.54 Å². The molecule has 2 aromatic rings. The SMILES string of the molecule is CNCc1ccc(Br)cc1Oc1ccc2c(c1)OCO2. The van der Waals surface area contributed by atoms with Crippen LogP contribution in [0.1, 0.15) is 5.56 Å². The van der Waals surface area contributed by atoms with Crippen molar-refractivity contribution < 1.29 is 14.2 Å². The summed E-state index contributed by atoms with van der Waals surface area (Å²) in [7, 11) is 1.91. The molecular weight excluding hydrogens is 322 g/mol. The molecule has 3 rings (SSSR count). The highest BCUT2D eigenvalue weighted by molar-refractivity contribution is 9.10. The average Bonchev–Trinajstić information content (AvgIpc) is 2.89. The van der Waals surface area contributed by atoms with Crippen molar-refractivity contribution in [3.05, 3.63) is 46.4 Å². The Morgan fingerprint density at radius 2 is 2.00 bits per heavy atom. The molecule has 0 atom stereocenters. The first-order valence-corrected chi connectivity index (χ1v) is 7.06. The molecule has 5 heteroatoms. The molecule has 0 radical (unpaired) electrons. The van der Waals surface area contributed by atoms with Gasteiger partial charge < -0.3 is 19.5 Å². The molecule has 0 fully saturated rings. The fourth-order valence-corrected chi connectivity index (χ4v) is 2.37. The summed E-state index contributed by atoms with van der Waals surface area (Å²) >= 11 is 3.47. The van der Waals surface area contributed by atoms with Crippen molar-refractivity contribution in [1.82, 2.24) is 5.32 Å². The standard InChI is InChI=1S/C15H14BrNO3/c1-17-8-10-2-3-11(16)6-14(10)20-12-4-5-13-15(7-12)19-9-18-13/h2-7,17H,8-9H2,1H3. The number of nitrogens with one attached hydrogen (secondary N) is 1. The normalized spacial score (nSPS) is 12.5. The topological polar surface area (TPSA) is 39.7 Å². The molecule has 0 saturated heterocycles. The number of hydrogen-bond acceptors (Lipinski definition) is 4. The number of halogens is 1. The molecule has 1 heterocycles. The van der Waals surface area contributed by atoms with Gasteiger partial charge in [-0.3, -0.25) is 0 Å². The Labute approximate surface area is 125 Å². The van der Waals surface area contributed by atoms with Crippen LogP contribution < -0.4 is 19.5 Å². The molecule has 0 spiro atoms. The first-order valence-electron chi connectivity index (χ1n) is 6.27. The van der Waals surface area contributed by atoms with Gasteiger partial charge in [0, 0.05) is 22.6 Å². The molecule has 0 aliphatic carbocycles. The van der Waals surface area contributed by atoms with Crippen LogP contribution in [0.2, 0.25) is 0 Å². The Morgan fingerprint density at radius 3 is 2.85 bits per heavy atom. The molecule has 0 aromatic heterocycles. The van der Waals surface area contributed by atoms with Crippen LogP contribution >= 0.6 is 15.9 Å². The zero-order valence-electron chi connectivity index (χ0n) is 11.0. The quantitative estimate of drug-likeness (QED) is 0.924. The van der Waals surface area contributed by atoms with Crippen LogP contribution in [-0.4, -0.2) is 13.8 Å². The fraction of sp³-hybridized carbons (Fsp3) is 0.200. The number of ether oxygens (including phenoxy) is 3. The van der Waals surface area contributed by atoms with Crippen molar-refractivity contribution in [1.29, 1.82) is 0 Å². The second kappa shape index (κ2) is 5.73. The predicted octanol–water partition coefficient (Wildman–Crippen LogP) is 3.69. The van der Waals surface area contributed by atoms with Gasteiger partial charge in [-0.25, -0.2) is 0 Å². The number of fused-ring (bicyclic) bond motifs is 1. The lowest BCUT2D eigenvalue weighted by Gasteiger charge is -2.12. The second-order valence-electron chi connectivity index (χ2n) is 4.40. The summed E-state index contributed by atoms with van der Waals surface area (Å²) in [6.45, 7) is 1.01. The third-order valence-corrected chi connectivity index (χ3v) is 3.46. The second-order valence-corrected chi connectivity index (χ2v) is 5.32. The van der Waals surface area contributed by atoms with Crippen LogP contribution in [0, 0.1) is 0 Å². The largest absolute Gasteiger partial charge is 0.457 e. The Kier molecular flexibility index (Phi) is 3.80. The molecule has 20 heavy (non-hydrogen) atoms. The van der Waals surface area contributed by atoms with E-state index in [1.54, 1.807) is 0 Å². The number of benzene rings is 2. The first-order chi connectivity index (χ1) is 9.76. The molecule has 0 bridgehead atoms. The number of hydrogen-bond donors (Lipinski definition) is 1. The van der Waals surface area contributed by atoms with Crippen molar-refractivity contribution in [2.75, 3.05) is 13.8 Å². The zero-order valence-corrected chi connectivity index (χ0v) is 12.6. The maximum absolute atomic E-state index is 5.96. The smallest absolute Gasteiger partial charge is 0.231 e. The van der Waals surface area contributed by atoms with E-state index in [2.05, 4.69) is 21.2 Å². The molecule has 1 N–H and O–H groups in total. The van der Waals surface area contributed by atoms with E-state index in [0.717, 1.165) is 33.8 Å². The van der Waals surface area contributed by atoms with Gasteiger partial charge in [-0.2, -0.15) is 0 Å². The van der Waals surface area contributed by atoms with E-state index in [9.17, 15) is 0 Å². The van der Waals surface area contributed by atoms with Crippen LogP contribution in [0.3, 0.4) is 0 Å². The van der Waals surface area contributed by atoms with E-state index < -0.39 is 0 Å². The van der Waals surface area contributed by atoms with Crippen molar-refractivity contribution >= 4 is 15.9 Å². The van der Waals surface area contributed by atoms with E-state index in [1.807, 2.05) is 43.4 Å². The molecular formula is C15H14BrNO3. The van der Waals surface area contributed by atoms with Gasteiger partial charge in [0.1, 0.15) is 11.5 Å². The highest BCUT2D eigenvalue weighted by Gasteiger charge is 2.14. The van der Waals surface area contributed by atoms with Gasteiger partial charge in [-0.05, 0) is 31.3 Å². The van der Waals surface area contributed by atoms with Gasteiger partial charge in [0.2, 0.25) is 6.79 Å². The minimum atomic E-state index is 0.265. The van der Waals surface area contributed by atoms with Crippen LogP contribution in [0.25, 0.3) is 0 Å². The Balaban J connectivity index is 1.88. The van der Waals surface area contributed by atoms with Crippen molar-refractivity contribution in [2.24, 2.45) is 0 Å². The summed E-state index contributed by atoms with van der Waals surface area (Å²) in [5, 5.41) is 3.13. The fourth-order valence-electron chi connectivity index (χ4n) is 2.03. The van der Waals surface area contributed by atoms with E-state index in [4.69, 9.17) is 14.2 Å². The van der Waals surface area contributed by atoms with Gasteiger partial charge in [-0.15, -0.1) is 0 Å². The third kappa shape index (κ3) is 2.73. The summed E-state index contributed by atoms with van der Waals surface area (Å²) in [6.07, 6.45) is 0. The maximum Gasteiger partial charge on any atom is 0.231 e.